The Morgan fingerprint density at radius 2 is 1.85 bits per heavy atom. The molecule has 0 saturated carbocycles. The highest BCUT2D eigenvalue weighted by Gasteiger charge is 2.24. The third kappa shape index (κ3) is 5.49. The van der Waals surface area contributed by atoms with Gasteiger partial charge in [-0.25, -0.2) is 0 Å². The van der Waals surface area contributed by atoms with Gasteiger partial charge in [-0.2, -0.15) is 0 Å². The van der Waals surface area contributed by atoms with E-state index in [4.69, 9.17) is 5.73 Å². The summed E-state index contributed by atoms with van der Waals surface area (Å²) in [6.45, 7) is 4.11. The van der Waals surface area contributed by atoms with E-state index in [0.717, 1.165) is 5.56 Å². The lowest BCUT2D eigenvalue weighted by molar-refractivity contribution is -0.134. The Labute approximate surface area is 127 Å². The summed E-state index contributed by atoms with van der Waals surface area (Å²) in [5.74, 6) is -0.265. The molecule has 20 heavy (non-hydrogen) atoms. The zero-order valence-electron chi connectivity index (χ0n) is 12.3. The van der Waals surface area contributed by atoms with Gasteiger partial charge in [0.2, 0.25) is 5.91 Å². The summed E-state index contributed by atoms with van der Waals surface area (Å²) in [7, 11) is 1.75. The minimum absolute atomic E-state index is 0. The van der Waals surface area contributed by atoms with Crippen molar-refractivity contribution in [2.24, 2.45) is 11.7 Å². The molecular weight excluding hydrogens is 276 g/mol. The van der Waals surface area contributed by atoms with Crippen LogP contribution in [0.3, 0.4) is 0 Å². The van der Waals surface area contributed by atoms with Crippen LogP contribution in [-0.2, 0) is 4.79 Å². The van der Waals surface area contributed by atoms with E-state index in [9.17, 15) is 9.90 Å². The highest BCUT2D eigenvalue weighted by atomic mass is 35.5. The number of aliphatic hydroxyl groups is 1. The van der Waals surface area contributed by atoms with Crippen LogP contribution >= 0.6 is 12.4 Å². The zero-order valence-corrected chi connectivity index (χ0v) is 13.1. The number of halogens is 1. The molecule has 114 valence electrons. The van der Waals surface area contributed by atoms with Crippen LogP contribution < -0.4 is 5.73 Å². The van der Waals surface area contributed by atoms with E-state index in [-0.39, 0.29) is 30.3 Å². The SMILES string of the molecule is CC(O)CCN(C)C(=O)C(C)C(N)c1ccccc1.Cl. The fraction of sp³-hybridized carbons (Fsp3) is 0.533. The Morgan fingerprint density at radius 1 is 1.30 bits per heavy atom. The van der Waals surface area contributed by atoms with Crippen molar-refractivity contribution in [3.05, 3.63) is 35.9 Å². The predicted molar refractivity (Wildman–Crippen MR) is 83.7 cm³/mol. The molecule has 3 unspecified atom stereocenters. The topological polar surface area (TPSA) is 66.6 Å². The second-order valence-corrected chi connectivity index (χ2v) is 5.12. The number of aliphatic hydroxyl groups excluding tert-OH is 1. The Morgan fingerprint density at radius 3 is 2.35 bits per heavy atom. The van der Waals surface area contributed by atoms with Crippen molar-refractivity contribution in [2.45, 2.75) is 32.4 Å². The van der Waals surface area contributed by atoms with Crippen molar-refractivity contribution in [3.63, 3.8) is 0 Å². The van der Waals surface area contributed by atoms with Crippen LogP contribution in [0.1, 0.15) is 31.9 Å². The monoisotopic (exact) mass is 300 g/mol. The first-order valence-electron chi connectivity index (χ1n) is 6.67. The molecule has 0 fully saturated rings. The van der Waals surface area contributed by atoms with Crippen molar-refractivity contribution in [3.8, 4) is 0 Å². The fourth-order valence-electron chi connectivity index (χ4n) is 1.96. The van der Waals surface area contributed by atoms with Gasteiger partial charge in [-0.1, -0.05) is 37.3 Å². The summed E-state index contributed by atoms with van der Waals surface area (Å²) < 4.78 is 0. The van der Waals surface area contributed by atoms with Crippen molar-refractivity contribution < 1.29 is 9.90 Å². The van der Waals surface area contributed by atoms with Crippen molar-refractivity contribution in [1.29, 1.82) is 0 Å². The number of nitrogens with zero attached hydrogens (tertiary/aromatic N) is 1. The zero-order chi connectivity index (χ0) is 14.4. The van der Waals surface area contributed by atoms with E-state index in [1.54, 1.807) is 18.9 Å². The molecule has 0 aliphatic carbocycles. The van der Waals surface area contributed by atoms with Crippen LogP contribution in [-0.4, -0.2) is 35.6 Å². The molecule has 1 aromatic carbocycles. The number of carbonyl (C=O) groups excluding carboxylic acids is 1. The third-order valence-electron chi connectivity index (χ3n) is 3.37. The summed E-state index contributed by atoms with van der Waals surface area (Å²) in [4.78, 5) is 13.9. The number of nitrogens with two attached hydrogens (primary N) is 1. The molecule has 0 heterocycles. The Kier molecular flexibility index (Phi) is 8.46. The summed E-state index contributed by atoms with van der Waals surface area (Å²) in [5.41, 5.74) is 7.10. The number of rotatable bonds is 6. The lowest BCUT2D eigenvalue weighted by Gasteiger charge is -2.26. The summed E-state index contributed by atoms with van der Waals surface area (Å²) in [5, 5.41) is 9.25. The predicted octanol–water partition coefficient (Wildman–Crippen LogP) is 1.97. The number of hydrogen-bond acceptors (Lipinski definition) is 3. The second-order valence-electron chi connectivity index (χ2n) is 5.12. The maximum atomic E-state index is 12.2. The van der Waals surface area contributed by atoms with Gasteiger partial charge in [-0.3, -0.25) is 4.79 Å². The molecule has 0 bridgehead atoms. The standard InChI is InChI=1S/C15H24N2O2.ClH/c1-11(18)9-10-17(3)15(19)12(2)14(16)13-7-5-4-6-8-13;/h4-8,11-12,14,18H,9-10,16H2,1-3H3;1H. The second kappa shape index (κ2) is 8.95. The Balaban J connectivity index is 0.00000361. The van der Waals surface area contributed by atoms with Gasteiger partial charge in [0.1, 0.15) is 0 Å². The normalized spacial score (nSPS) is 14.8. The molecule has 3 atom stereocenters. The van der Waals surface area contributed by atoms with Crippen LogP contribution in [0.15, 0.2) is 30.3 Å². The van der Waals surface area contributed by atoms with Crippen LogP contribution in [0.5, 0.6) is 0 Å². The van der Waals surface area contributed by atoms with Gasteiger partial charge in [0.15, 0.2) is 0 Å². The average Bonchev–Trinajstić information content (AvgIpc) is 2.43. The average molecular weight is 301 g/mol. The summed E-state index contributed by atoms with van der Waals surface area (Å²) >= 11 is 0. The van der Waals surface area contributed by atoms with Gasteiger partial charge in [-0.05, 0) is 18.9 Å². The lowest BCUT2D eigenvalue weighted by Crippen LogP contribution is -2.38. The van der Waals surface area contributed by atoms with Gasteiger partial charge in [-0.15, -0.1) is 12.4 Å². The Bertz CT molecular complexity index is 398. The molecule has 0 spiro atoms. The van der Waals surface area contributed by atoms with E-state index in [1.807, 2.05) is 37.3 Å². The summed E-state index contributed by atoms with van der Waals surface area (Å²) in [6.07, 6.45) is 0.184. The number of carbonyl (C=O) groups is 1. The molecule has 0 aliphatic heterocycles. The van der Waals surface area contributed by atoms with Crippen molar-refractivity contribution >= 4 is 18.3 Å². The molecule has 0 aliphatic rings. The molecule has 0 radical (unpaired) electrons. The van der Waals surface area contributed by atoms with Gasteiger partial charge >= 0.3 is 0 Å². The van der Waals surface area contributed by atoms with E-state index in [2.05, 4.69) is 0 Å². The number of hydrogen-bond donors (Lipinski definition) is 2. The summed E-state index contributed by atoms with van der Waals surface area (Å²) in [6, 6.07) is 9.33. The largest absolute Gasteiger partial charge is 0.393 e. The van der Waals surface area contributed by atoms with Gasteiger partial charge in [0, 0.05) is 19.6 Å². The highest BCUT2D eigenvalue weighted by Crippen LogP contribution is 2.20. The lowest BCUT2D eigenvalue weighted by atomic mass is 9.94. The van der Waals surface area contributed by atoms with Crippen LogP contribution in [0.25, 0.3) is 0 Å². The van der Waals surface area contributed by atoms with Crippen LogP contribution in [0.4, 0.5) is 0 Å². The quantitative estimate of drug-likeness (QED) is 0.844. The minimum atomic E-state index is -0.395. The first-order valence-corrected chi connectivity index (χ1v) is 6.67. The molecule has 0 aromatic heterocycles. The minimum Gasteiger partial charge on any atom is -0.393 e. The fourth-order valence-corrected chi connectivity index (χ4v) is 1.96. The first kappa shape index (κ1) is 18.9. The molecule has 4 nitrogen and oxygen atoms in total. The maximum Gasteiger partial charge on any atom is 0.227 e. The van der Waals surface area contributed by atoms with Gasteiger partial charge < -0.3 is 15.7 Å². The smallest absolute Gasteiger partial charge is 0.227 e. The van der Waals surface area contributed by atoms with E-state index in [0.29, 0.717) is 13.0 Å². The number of amides is 1. The Hall–Kier alpha value is -1.10. The van der Waals surface area contributed by atoms with Crippen LogP contribution in [0, 0.1) is 5.92 Å². The molecule has 1 rings (SSSR count). The third-order valence-corrected chi connectivity index (χ3v) is 3.37. The number of benzene rings is 1. The van der Waals surface area contributed by atoms with Crippen LogP contribution in [0.2, 0.25) is 0 Å². The first-order chi connectivity index (χ1) is 8.93. The molecule has 3 N–H and O–H groups in total. The van der Waals surface area contributed by atoms with E-state index in [1.165, 1.54) is 0 Å². The molecule has 5 heteroatoms. The highest BCUT2D eigenvalue weighted by molar-refractivity contribution is 5.85. The van der Waals surface area contributed by atoms with E-state index >= 15 is 0 Å². The molecule has 1 aromatic rings. The maximum absolute atomic E-state index is 12.2. The van der Waals surface area contributed by atoms with Gasteiger partial charge in [0.05, 0.1) is 12.0 Å². The molecular formula is C15H25ClN2O2. The molecule has 0 saturated heterocycles. The van der Waals surface area contributed by atoms with Gasteiger partial charge in [0.25, 0.3) is 0 Å². The van der Waals surface area contributed by atoms with E-state index < -0.39 is 6.10 Å². The van der Waals surface area contributed by atoms with Crippen molar-refractivity contribution in [1.82, 2.24) is 4.90 Å². The van der Waals surface area contributed by atoms with Crippen molar-refractivity contribution in [2.75, 3.05) is 13.6 Å². The molecule has 1 amide bonds.